The van der Waals surface area contributed by atoms with Crippen LogP contribution in [0.1, 0.15) is 65.6 Å². The van der Waals surface area contributed by atoms with Gasteiger partial charge in [-0.1, -0.05) is 87.3 Å². The van der Waals surface area contributed by atoms with E-state index in [1.54, 1.807) is 36.5 Å². The van der Waals surface area contributed by atoms with Gasteiger partial charge in [0.1, 0.15) is 6.04 Å². The first-order valence-corrected chi connectivity index (χ1v) is 15.3. The second-order valence-electron chi connectivity index (χ2n) is 11.5. The molecular weight excluding hydrogens is 574 g/mol. The van der Waals surface area contributed by atoms with E-state index in [0.29, 0.717) is 29.8 Å². The number of nitrogens with zero attached hydrogens (tertiary/aromatic N) is 1. The minimum absolute atomic E-state index is 0.222. The molecule has 236 valence electrons. The van der Waals surface area contributed by atoms with Crippen molar-refractivity contribution in [2.45, 2.75) is 58.3 Å². The molecule has 0 fully saturated rings. The topological polar surface area (TPSA) is 123 Å². The summed E-state index contributed by atoms with van der Waals surface area (Å²) < 4.78 is 1.54. The van der Waals surface area contributed by atoms with Crippen LogP contribution in [-0.2, 0) is 11.2 Å². The number of anilines is 1. The molecule has 0 saturated carbocycles. The fourth-order valence-electron chi connectivity index (χ4n) is 4.67. The molecule has 0 aromatic heterocycles. The zero-order valence-electron chi connectivity index (χ0n) is 26.1. The largest absolute Gasteiger partial charge is 0.391 e. The molecule has 9 nitrogen and oxygen atoms in total. The van der Waals surface area contributed by atoms with Crippen molar-refractivity contribution in [1.29, 1.82) is 0 Å². The highest BCUT2D eigenvalue weighted by Gasteiger charge is 2.26. The van der Waals surface area contributed by atoms with E-state index in [2.05, 4.69) is 34.1 Å². The highest BCUT2D eigenvalue weighted by molar-refractivity contribution is 7.81. The number of carbonyl (C=O) groups excluding carboxylic acids is 3. The van der Waals surface area contributed by atoms with Crippen LogP contribution in [0, 0.1) is 5.92 Å². The molecule has 0 bridgehead atoms. The molecule has 0 aliphatic rings. The summed E-state index contributed by atoms with van der Waals surface area (Å²) >= 11 is 4.40. The molecule has 3 aromatic carbocycles. The van der Waals surface area contributed by atoms with E-state index in [1.165, 1.54) is 0 Å². The Bertz CT molecular complexity index is 1370. The predicted molar refractivity (Wildman–Crippen MR) is 179 cm³/mol. The lowest BCUT2D eigenvalue weighted by molar-refractivity contribution is -0.125. The highest BCUT2D eigenvalue weighted by Crippen LogP contribution is 2.21. The van der Waals surface area contributed by atoms with Gasteiger partial charge in [0.05, 0.1) is 12.1 Å². The third-order valence-corrected chi connectivity index (χ3v) is 7.39. The van der Waals surface area contributed by atoms with Crippen LogP contribution in [0.3, 0.4) is 0 Å². The lowest BCUT2D eigenvalue weighted by atomic mass is 10.0. The number of nitrogens with one attached hydrogen (secondary N) is 4. The van der Waals surface area contributed by atoms with Crippen molar-refractivity contribution in [3.63, 3.8) is 0 Å². The van der Waals surface area contributed by atoms with Crippen molar-refractivity contribution in [3.05, 3.63) is 101 Å². The van der Waals surface area contributed by atoms with Crippen molar-refractivity contribution in [1.82, 2.24) is 21.3 Å². The molecule has 4 atom stereocenters. The van der Waals surface area contributed by atoms with Crippen LogP contribution in [0.2, 0.25) is 0 Å². The zero-order chi connectivity index (χ0) is 32.2. The zero-order valence-corrected chi connectivity index (χ0v) is 27.0. The summed E-state index contributed by atoms with van der Waals surface area (Å²) in [7, 11) is 1.72. The Morgan fingerprint density at radius 3 is 1.93 bits per heavy atom. The number of hydrogen-bond donors (Lipinski definition) is 6. The smallest absolute Gasteiger partial charge is 0.251 e. The third-order valence-electron chi connectivity index (χ3n) is 7.16. The highest BCUT2D eigenvalue weighted by atomic mass is 32.1. The molecule has 3 aromatic rings. The minimum atomic E-state index is -0.947. The van der Waals surface area contributed by atoms with E-state index in [9.17, 15) is 19.5 Å². The van der Waals surface area contributed by atoms with E-state index in [0.717, 1.165) is 11.1 Å². The number of rotatable bonds is 15. The molecule has 0 saturated heterocycles. The fraction of sp³-hybridized carbons (Fsp3) is 0.382. The van der Waals surface area contributed by atoms with E-state index in [-0.39, 0.29) is 36.2 Å². The van der Waals surface area contributed by atoms with E-state index < -0.39 is 18.2 Å². The Hall–Kier alpha value is -3.86. The van der Waals surface area contributed by atoms with Crippen molar-refractivity contribution < 1.29 is 19.5 Å². The van der Waals surface area contributed by atoms with Gasteiger partial charge in [-0.05, 0) is 55.5 Å². The quantitative estimate of drug-likeness (QED) is 0.144. The first-order valence-electron chi connectivity index (χ1n) is 14.9. The van der Waals surface area contributed by atoms with Crippen LogP contribution in [0.25, 0.3) is 0 Å². The van der Waals surface area contributed by atoms with E-state index in [1.807, 2.05) is 81.4 Å². The number of thiol groups is 1. The van der Waals surface area contributed by atoms with Crippen molar-refractivity contribution in [2.75, 3.05) is 24.4 Å². The van der Waals surface area contributed by atoms with Crippen LogP contribution < -0.4 is 25.6 Å². The van der Waals surface area contributed by atoms with Crippen molar-refractivity contribution in [3.8, 4) is 0 Å². The van der Waals surface area contributed by atoms with Gasteiger partial charge < -0.3 is 30.7 Å². The molecule has 10 heteroatoms. The SMILES string of the molecule is CC(C)CNC(=O)[C@@H](NC[C@H](Cc1ccccc1)NC(=O)c1cc(C(=O)N[C@H](C)c2ccccc2)cc(N(C)S)c1)[C@@H](C)O. The van der Waals surface area contributed by atoms with Crippen LogP contribution in [-0.4, -0.2) is 61.2 Å². The molecule has 0 spiro atoms. The fourth-order valence-corrected chi connectivity index (χ4v) is 4.79. The second kappa shape index (κ2) is 16.8. The third kappa shape index (κ3) is 10.7. The summed E-state index contributed by atoms with van der Waals surface area (Å²) in [6.07, 6.45) is -0.467. The molecule has 3 amide bonds. The van der Waals surface area contributed by atoms with Gasteiger partial charge in [0.2, 0.25) is 5.91 Å². The monoisotopic (exact) mass is 619 g/mol. The molecule has 0 unspecified atom stereocenters. The Labute approximate surface area is 266 Å². The van der Waals surface area contributed by atoms with Gasteiger partial charge >= 0.3 is 0 Å². The van der Waals surface area contributed by atoms with Crippen molar-refractivity contribution in [2.24, 2.45) is 5.92 Å². The van der Waals surface area contributed by atoms with Gasteiger partial charge in [0.25, 0.3) is 11.8 Å². The molecule has 0 radical (unpaired) electrons. The van der Waals surface area contributed by atoms with Gasteiger partial charge in [-0.25, -0.2) is 0 Å². The molecule has 5 N–H and O–H groups in total. The maximum absolute atomic E-state index is 13.7. The number of amides is 3. The van der Waals surface area contributed by atoms with E-state index >= 15 is 0 Å². The summed E-state index contributed by atoms with van der Waals surface area (Å²) in [4.78, 5) is 39.8. The molecule has 0 aliphatic carbocycles. The second-order valence-corrected chi connectivity index (χ2v) is 12.1. The minimum Gasteiger partial charge on any atom is -0.391 e. The Kier molecular flexibility index (Phi) is 13.3. The Balaban J connectivity index is 1.82. The van der Waals surface area contributed by atoms with Crippen molar-refractivity contribution >= 4 is 36.2 Å². The van der Waals surface area contributed by atoms with Gasteiger partial charge in [0.15, 0.2) is 0 Å². The number of aliphatic hydroxyl groups excluding tert-OH is 1. The summed E-state index contributed by atoms with van der Waals surface area (Å²) in [6, 6.07) is 22.7. The number of carbonyl (C=O) groups is 3. The maximum Gasteiger partial charge on any atom is 0.251 e. The lowest BCUT2D eigenvalue weighted by Gasteiger charge is -2.26. The van der Waals surface area contributed by atoms with Gasteiger partial charge in [-0.2, -0.15) is 0 Å². The predicted octanol–water partition coefficient (Wildman–Crippen LogP) is 3.91. The standard InChI is InChI=1S/C34H45N5O4S/c1-22(2)20-36-34(43)31(24(4)40)35-21-29(16-25-12-8-6-9-13-25)38-33(42)28-17-27(18-30(19-28)39(5)44)32(41)37-23(3)26-14-10-7-11-15-26/h6-15,17-19,22-24,29,31,35,40,44H,16,20-21H2,1-5H3,(H,36,43)(H,37,41)(H,38,42)/t23-,24-,29+,31+/m1/s1. The summed E-state index contributed by atoms with van der Waals surface area (Å²) in [5, 5.41) is 22.4. The van der Waals surface area contributed by atoms with Gasteiger partial charge in [0, 0.05) is 43.0 Å². The number of benzene rings is 3. The first kappa shape index (κ1) is 34.6. The Morgan fingerprint density at radius 2 is 1.39 bits per heavy atom. The average Bonchev–Trinajstić information content (AvgIpc) is 3.00. The van der Waals surface area contributed by atoms with Gasteiger partial charge in [-0.3, -0.25) is 14.4 Å². The summed E-state index contributed by atoms with van der Waals surface area (Å²) in [5.74, 6) is -0.738. The first-order chi connectivity index (χ1) is 20.9. The summed E-state index contributed by atoms with van der Waals surface area (Å²) in [6.45, 7) is 8.16. The molecule has 0 aliphatic heterocycles. The van der Waals surface area contributed by atoms with Gasteiger partial charge in [-0.15, -0.1) is 0 Å². The Morgan fingerprint density at radius 1 is 0.818 bits per heavy atom. The number of hydrogen-bond acceptors (Lipinski definition) is 7. The van der Waals surface area contributed by atoms with Crippen LogP contribution in [0.5, 0.6) is 0 Å². The molecular formula is C34H45N5O4S. The molecule has 3 rings (SSSR count). The summed E-state index contributed by atoms with van der Waals surface area (Å²) in [5.41, 5.74) is 3.15. The lowest BCUT2D eigenvalue weighted by Crippen LogP contribution is -2.55. The number of aliphatic hydroxyl groups is 1. The van der Waals surface area contributed by atoms with Crippen LogP contribution in [0.4, 0.5) is 5.69 Å². The van der Waals surface area contributed by atoms with E-state index in [4.69, 9.17) is 0 Å². The molecule has 0 heterocycles. The normalized spacial score (nSPS) is 13.8. The average molecular weight is 620 g/mol. The maximum atomic E-state index is 13.7. The molecule has 44 heavy (non-hydrogen) atoms. The van der Waals surface area contributed by atoms with Crippen LogP contribution in [0.15, 0.2) is 78.9 Å². The van der Waals surface area contributed by atoms with Crippen LogP contribution >= 0.6 is 12.8 Å².